The van der Waals surface area contributed by atoms with Crippen molar-refractivity contribution in [2.45, 2.75) is 44.8 Å². The molecule has 0 unspecified atom stereocenters. The maximum atomic E-state index is 11.4. The molecule has 1 fully saturated rings. The van der Waals surface area contributed by atoms with Gasteiger partial charge < -0.3 is 20.5 Å². The molecule has 1 amide bonds. The number of rotatable bonds is 2. The fraction of sp³-hybridized carbons (Fsp3) is 0.909. The Labute approximate surface area is 96.6 Å². The number of piperidine rings is 1. The standard InChI is InChI=1S/C11H22N2O3/c1-10(2,3)16-9(14)13-8-11(15)4-6-12-7-5-11/h12,15H,4-8H2,1-3H3,(H,13,14). The highest BCUT2D eigenvalue weighted by atomic mass is 16.6. The van der Waals surface area contributed by atoms with Gasteiger partial charge >= 0.3 is 6.09 Å². The van der Waals surface area contributed by atoms with E-state index in [0.717, 1.165) is 13.1 Å². The van der Waals surface area contributed by atoms with Crippen LogP contribution in [0.25, 0.3) is 0 Å². The lowest BCUT2D eigenvalue weighted by atomic mass is 9.92. The summed E-state index contributed by atoms with van der Waals surface area (Å²) in [6, 6.07) is 0. The van der Waals surface area contributed by atoms with Crippen molar-refractivity contribution in [3.63, 3.8) is 0 Å². The summed E-state index contributed by atoms with van der Waals surface area (Å²) in [5.41, 5.74) is -1.29. The van der Waals surface area contributed by atoms with Crippen LogP contribution in [0.15, 0.2) is 0 Å². The van der Waals surface area contributed by atoms with Crippen molar-refractivity contribution in [2.75, 3.05) is 19.6 Å². The third kappa shape index (κ3) is 4.81. The molecule has 0 spiro atoms. The zero-order chi connectivity index (χ0) is 12.2. The monoisotopic (exact) mass is 230 g/mol. The van der Waals surface area contributed by atoms with Crippen LogP contribution in [-0.4, -0.2) is 42.0 Å². The van der Waals surface area contributed by atoms with Gasteiger partial charge in [0, 0.05) is 6.54 Å². The molecule has 0 atom stereocenters. The molecular formula is C11H22N2O3. The smallest absolute Gasteiger partial charge is 0.407 e. The first-order valence-electron chi connectivity index (χ1n) is 5.71. The predicted molar refractivity (Wildman–Crippen MR) is 61.3 cm³/mol. The van der Waals surface area contributed by atoms with Gasteiger partial charge in [0.1, 0.15) is 5.60 Å². The quantitative estimate of drug-likeness (QED) is 0.650. The summed E-state index contributed by atoms with van der Waals surface area (Å²) in [6.07, 6.45) is 0.838. The molecule has 0 aromatic heterocycles. The number of hydrogen-bond acceptors (Lipinski definition) is 4. The Morgan fingerprint density at radius 1 is 1.44 bits per heavy atom. The highest BCUT2D eigenvalue weighted by Gasteiger charge is 2.30. The average Bonchev–Trinajstić information content (AvgIpc) is 2.14. The van der Waals surface area contributed by atoms with Crippen molar-refractivity contribution < 1.29 is 14.6 Å². The van der Waals surface area contributed by atoms with Crippen molar-refractivity contribution in [1.29, 1.82) is 0 Å². The van der Waals surface area contributed by atoms with Gasteiger partial charge in [-0.3, -0.25) is 0 Å². The van der Waals surface area contributed by atoms with Crippen LogP contribution in [0, 0.1) is 0 Å². The Kier molecular flexibility index (Phi) is 4.15. The van der Waals surface area contributed by atoms with E-state index in [4.69, 9.17) is 4.74 Å². The van der Waals surface area contributed by atoms with Crippen molar-refractivity contribution >= 4 is 6.09 Å². The predicted octanol–water partition coefficient (Wildman–Crippen LogP) is 0.626. The fourth-order valence-electron chi connectivity index (χ4n) is 1.62. The highest BCUT2D eigenvalue weighted by Crippen LogP contribution is 2.16. The molecule has 1 rings (SSSR count). The molecular weight excluding hydrogens is 208 g/mol. The van der Waals surface area contributed by atoms with Crippen molar-refractivity contribution in [2.24, 2.45) is 0 Å². The minimum absolute atomic E-state index is 0.254. The first kappa shape index (κ1) is 13.3. The summed E-state index contributed by atoms with van der Waals surface area (Å²) in [6.45, 7) is 7.26. The lowest BCUT2D eigenvalue weighted by Crippen LogP contribution is -2.50. The molecule has 3 N–H and O–H groups in total. The Hall–Kier alpha value is -0.810. The van der Waals surface area contributed by atoms with Gasteiger partial charge in [0.25, 0.3) is 0 Å². The number of aliphatic hydroxyl groups is 1. The molecule has 1 aliphatic heterocycles. The van der Waals surface area contributed by atoms with E-state index in [0.29, 0.717) is 12.8 Å². The van der Waals surface area contributed by atoms with E-state index in [-0.39, 0.29) is 6.54 Å². The van der Waals surface area contributed by atoms with E-state index in [1.54, 1.807) is 0 Å². The maximum Gasteiger partial charge on any atom is 0.407 e. The van der Waals surface area contributed by atoms with Gasteiger partial charge in [-0.15, -0.1) is 0 Å². The molecule has 0 aliphatic carbocycles. The summed E-state index contributed by atoms with van der Waals surface area (Å²) >= 11 is 0. The van der Waals surface area contributed by atoms with E-state index >= 15 is 0 Å². The SMILES string of the molecule is CC(C)(C)OC(=O)NCC1(O)CCNCC1. The van der Waals surface area contributed by atoms with E-state index in [9.17, 15) is 9.90 Å². The lowest BCUT2D eigenvalue weighted by Gasteiger charge is -2.32. The van der Waals surface area contributed by atoms with Crippen molar-refractivity contribution in [3.05, 3.63) is 0 Å². The highest BCUT2D eigenvalue weighted by molar-refractivity contribution is 5.67. The molecule has 5 heteroatoms. The molecule has 5 nitrogen and oxygen atoms in total. The summed E-state index contributed by atoms with van der Waals surface area (Å²) in [4.78, 5) is 11.4. The van der Waals surface area contributed by atoms with Gasteiger partial charge in [-0.2, -0.15) is 0 Å². The molecule has 16 heavy (non-hydrogen) atoms. The normalized spacial score (nSPS) is 20.2. The number of carbonyl (C=O) groups is 1. The number of amides is 1. The van der Waals surface area contributed by atoms with Crippen LogP contribution < -0.4 is 10.6 Å². The number of alkyl carbamates (subject to hydrolysis) is 1. The first-order chi connectivity index (χ1) is 7.31. The van der Waals surface area contributed by atoms with Crippen LogP contribution in [0.4, 0.5) is 4.79 Å². The fourth-order valence-corrected chi connectivity index (χ4v) is 1.62. The van der Waals surface area contributed by atoms with E-state index in [1.807, 2.05) is 20.8 Å². The van der Waals surface area contributed by atoms with E-state index in [1.165, 1.54) is 0 Å². The molecule has 0 radical (unpaired) electrons. The second-order valence-corrected chi connectivity index (χ2v) is 5.33. The Bertz CT molecular complexity index is 242. The number of nitrogens with one attached hydrogen (secondary N) is 2. The van der Waals surface area contributed by atoms with Gasteiger partial charge in [-0.1, -0.05) is 0 Å². The molecule has 0 bridgehead atoms. The zero-order valence-corrected chi connectivity index (χ0v) is 10.3. The van der Waals surface area contributed by atoms with Gasteiger partial charge in [0.05, 0.1) is 5.60 Å². The summed E-state index contributed by atoms with van der Waals surface area (Å²) in [7, 11) is 0. The third-order valence-corrected chi connectivity index (χ3v) is 2.49. The molecule has 0 aromatic carbocycles. The van der Waals surface area contributed by atoms with Crippen molar-refractivity contribution in [3.8, 4) is 0 Å². The average molecular weight is 230 g/mol. The zero-order valence-electron chi connectivity index (χ0n) is 10.3. The van der Waals surface area contributed by atoms with Gasteiger partial charge in [0.15, 0.2) is 0 Å². The first-order valence-corrected chi connectivity index (χ1v) is 5.71. The minimum atomic E-state index is -0.790. The third-order valence-electron chi connectivity index (χ3n) is 2.49. The van der Waals surface area contributed by atoms with Gasteiger partial charge in [-0.05, 0) is 46.7 Å². The van der Waals surface area contributed by atoms with Crippen molar-refractivity contribution in [1.82, 2.24) is 10.6 Å². The molecule has 1 heterocycles. The van der Waals surface area contributed by atoms with Crippen LogP contribution >= 0.6 is 0 Å². The van der Waals surface area contributed by atoms with Crippen LogP contribution in [0.2, 0.25) is 0 Å². The van der Waals surface area contributed by atoms with Crippen LogP contribution in [0.1, 0.15) is 33.6 Å². The number of carbonyl (C=O) groups excluding carboxylic acids is 1. The van der Waals surface area contributed by atoms with E-state index in [2.05, 4.69) is 10.6 Å². The molecule has 0 aromatic rings. The molecule has 1 saturated heterocycles. The maximum absolute atomic E-state index is 11.4. The van der Waals surface area contributed by atoms with Gasteiger partial charge in [0.2, 0.25) is 0 Å². The van der Waals surface area contributed by atoms with Gasteiger partial charge in [-0.25, -0.2) is 4.79 Å². The Morgan fingerprint density at radius 3 is 2.50 bits per heavy atom. The van der Waals surface area contributed by atoms with E-state index < -0.39 is 17.3 Å². The summed E-state index contributed by atoms with van der Waals surface area (Å²) in [5, 5.41) is 15.9. The molecule has 94 valence electrons. The topological polar surface area (TPSA) is 70.6 Å². The molecule has 0 saturated carbocycles. The number of ether oxygens (including phenoxy) is 1. The second-order valence-electron chi connectivity index (χ2n) is 5.33. The summed E-state index contributed by atoms with van der Waals surface area (Å²) < 4.78 is 5.10. The van der Waals surface area contributed by atoms with Crippen LogP contribution in [0.5, 0.6) is 0 Å². The van der Waals surface area contributed by atoms with Crippen LogP contribution in [0.3, 0.4) is 0 Å². The second kappa shape index (κ2) is 5.01. The minimum Gasteiger partial charge on any atom is -0.444 e. The summed E-state index contributed by atoms with van der Waals surface area (Å²) in [5.74, 6) is 0. The number of hydrogen-bond donors (Lipinski definition) is 3. The lowest BCUT2D eigenvalue weighted by molar-refractivity contribution is 0.00366. The Morgan fingerprint density at radius 2 is 2.00 bits per heavy atom. The molecule has 1 aliphatic rings. The largest absolute Gasteiger partial charge is 0.444 e. The van der Waals surface area contributed by atoms with Crippen LogP contribution in [-0.2, 0) is 4.74 Å². The Balaban J connectivity index is 2.30.